The first-order valence-corrected chi connectivity index (χ1v) is 12.7. The average Bonchev–Trinajstić information content (AvgIpc) is 3.46. The van der Waals surface area contributed by atoms with Gasteiger partial charge in [-0.25, -0.2) is 4.79 Å². The third-order valence-electron chi connectivity index (χ3n) is 6.49. The maximum Gasteiger partial charge on any atom is 0.345 e. The molecule has 2 atom stereocenters. The van der Waals surface area contributed by atoms with Crippen LogP contribution in [0.1, 0.15) is 52.2 Å². The van der Waals surface area contributed by atoms with Gasteiger partial charge in [0.25, 0.3) is 0 Å². The van der Waals surface area contributed by atoms with Gasteiger partial charge in [-0.3, -0.25) is 4.79 Å². The summed E-state index contributed by atoms with van der Waals surface area (Å²) in [4.78, 5) is 26.8. The van der Waals surface area contributed by atoms with Crippen molar-refractivity contribution in [3.63, 3.8) is 0 Å². The van der Waals surface area contributed by atoms with Crippen LogP contribution >= 0.6 is 11.3 Å². The van der Waals surface area contributed by atoms with Crippen molar-refractivity contribution in [2.45, 2.75) is 57.1 Å². The minimum Gasteiger partial charge on any atom is -0.477 e. The van der Waals surface area contributed by atoms with Gasteiger partial charge in [-0.05, 0) is 67.3 Å². The molecule has 2 N–H and O–H groups in total. The average molecular weight is 478 g/mol. The topological polar surface area (TPSA) is 77.8 Å². The fraction of sp³-hybridized carbons (Fsp3) is 0.357. The number of rotatable bonds is 11. The number of likely N-dealkylation sites (tertiary alicyclic amines) is 1. The fourth-order valence-electron chi connectivity index (χ4n) is 4.72. The summed E-state index contributed by atoms with van der Waals surface area (Å²) in [5.74, 6) is -0.705. The van der Waals surface area contributed by atoms with Crippen LogP contribution in [0.2, 0.25) is 0 Å². The van der Waals surface area contributed by atoms with Crippen molar-refractivity contribution in [2.24, 2.45) is 0 Å². The van der Waals surface area contributed by atoms with Crippen LogP contribution in [-0.2, 0) is 17.6 Å². The summed E-state index contributed by atoms with van der Waals surface area (Å²) in [6, 6.07) is 22.2. The number of carboxylic acid groups (broad SMARTS) is 1. The number of nitrogens with zero attached hydrogens (tertiary/aromatic N) is 1. The second-order valence-electron chi connectivity index (χ2n) is 8.96. The summed E-state index contributed by atoms with van der Waals surface area (Å²) >= 11 is 1.30. The molecule has 0 radical (unpaired) electrons. The van der Waals surface area contributed by atoms with Crippen molar-refractivity contribution < 1.29 is 19.8 Å². The molecule has 3 aromatic rings. The van der Waals surface area contributed by atoms with Gasteiger partial charge in [0.15, 0.2) is 0 Å². The molecule has 0 bridgehead atoms. The number of hydrogen-bond donors (Lipinski definition) is 2. The summed E-state index contributed by atoms with van der Waals surface area (Å²) in [6.07, 6.45) is 4.63. The minimum absolute atomic E-state index is 0.177. The highest BCUT2D eigenvalue weighted by Gasteiger charge is 2.30. The van der Waals surface area contributed by atoms with Gasteiger partial charge in [-0.1, -0.05) is 54.6 Å². The number of aliphatic hydroxyl groups excluding tert-OH is 1. The second kappa shape index (κ2) is 11.4. The number of aromatic carboxylic acids is 1. The van der Waals surface area contributed by atoms with Gasteiger partial charge in [0.1, 0.15) is 4.88 Å². The third-order valence-corrected chi connectivity index (χ3v) is 7.62. The largest absolute Gasteiger partial charge is 0.477 e. The zero-order valence-electron chi connectivity index (χ0n) is 19.2. The fourth-order valence-corrected chi connectivity index (χ4v) is 5.61. The molecule has 6 heteroatoms. The molecule has 1 aliphatic rings. The van der Waals surface area contributed by atoms with Crippen molar-refractivity contribution in [1.29, 1.82) is 0 Å². The quantitative estimate of drug-likeness (QED) is 0.387. The van der Waals surface area contributed by atoms with Gasteiger partial charge < -0.3 is 15.1 Å². The molecule has 1 aromatic heterocycles. The van der Waals surface area contributed by atoms with Crippen LogP contribution in [0.3, 0.4) is 0 Å². The van der Waals surface area contributed by atoms with Gasteiger partial charge in [0.2, 0.25) is 5.91 Å². The van der Waals surface area contributed by atoms with Gasteiger partial charge in [-0.2, -0.15) is 0 Å². The molecule has 2 heterocycles. The number of benzene rings is 2. The Labute approximate surface area is 204 Å². The summed E-state index contributed by atoms with van der Waals surface area (Å²) < 4.78 is 0. The molecular formula is C28H31NO4S. The van der Waals surface area contributed by atoms with Crippen LogP contribution in [0.25, 0.3) is 11.1 Å². The number of amides is 1. The Morgan fingerprint density at radius 3 is 2.62 bits per heavy atom. The Morgan fingerprint density at radius 1 is 1.06 bits per heavy atom. The number of aryl methyl sites for hydroxylation is 1. The van der Waals surface area contributed by atoms with E-state index in [4.69, 9.17) is 5.11 Å². The van der Waals surface area contributed by atoms with E-state index in [1.54, 1.807) is 6.07 Å². The molecule has 2 aromatic carbocycles. The summed E-state index contributed by atoms with van der Waals surface area (Å²) in [5.41, 5.74) is 3.43. The van der Waals surface area contributed by atoms with E-state index in [0.29, 0.717) is 30.7 Å². The van der Waals surface area contributed by atoms with E-state index in [2.05, 4.69) is 30.3 Å². The van der Waals surface area contributed by atoms with E-state index in [1.807, 2.05) is 35.2 Å². The van der Waals surface area contributed by atoms with Gasteiger partial charge in [0, 0.05) is 23.9 Å². The Kier molecular flexibility index (Phi) is 8.14. The highest BCUT2D eigenvalue weighted by molar-refractivity contribution is 7.13. The van der Waals surface area contributed by atoms with E-state index in [1.165, 1.54) is 16.9 Å². The van der Waals surface area contributed by atoms with Gasteiger partial charge in [0.05, 0.1) is 6.10 Å². The predicted molar refractivity (Wildman–Crippen MR) is 135 cm³/mol. The standard InChI is InChI=1S/C28H31NO4S/c30-24(19-20-6-4-9-22(18-20)21-7-2-1-3-8-21)13-11-23-12-16-27(31)29(23)17-5-10-25-14-15-26(34-25)28(32)33/h1-4,6-9,14-15,18,23-24,30H,5,10-13,16-17,19H2,(H,32,33)/t23-,24?/m0/s1. The zero-order chi connectivity index (χ0) is 23.9. The van der Waals surface area contributed by atoms with Crippen LogP contribution in [0, 0.1) is 0 Å². The van der Waals surface area contributed by atoms with E-state index >= 15 is 0 Å². The summed E-state index contributed by atoms with van der Waals surface area (Å²) in [7, 11) is 0. The van der Waals surface area contributed by atoms with Crippen LogP contribution in [0.5, 0.6) is 0 Å². The lowest BCUT2D eigenvalue weighted by molar-refractivity contribution is -0.129. The van der Waals surface area contributed by atoms with Crippen molar-refractivity contribution >= 4 is 23.2 Å². The number of carbonyl (C=O) groups is 2. The van der Waals surface area contributed by atoms with Crippen LogP contribution in [0.15, 0.2) is 66.7 Å². The predicted octanol–water partition coefficient (Wildman–Crippen LogP) is 5.42. The van der Waals surface area contributed by atoms with Crippen molar-refractivity contribution in [1.82, 2.24) is 4.90 Å². The van der Waals surface area contributed by atoms with Crippen molar-refractivity contribution in [2.75, 3.05) is 6.54 Å². The molecule has 0 saturated carbocycles. The Morgan fingerprint density at radius 2 is 1.85 bits per heavy atom. The van der Waals surface area contributed by atoms with E-state index in [9.17, 15) is 14.7 Å². The summed E-state index contributed by atoms with van der Waals surface area (Å²) in [6.45, 7) is 0.680. The van der Waals surface area contributed by atoms with Crippen LogP contribution in [-0.4, -0.2) is 45.7 Å². The first-order chi connectivity index (χ1) is 16.5. The first kappa shape index (κ1) is 24.2. The van der Waals surface area contributed by atoms with E-state index < -0.39 is 12.1 Å². The summed E-state index contributed by atoms with van der Waals surface area (Å²) in [5, 5.41) is 19.8. The monoisotopic (exact) mass is 477 g/mol. The molecule has 1 unspecified atom stereocenters. The molecule has 178 valence electrons. The second-order valence-corrected chi connectivity index (χ2v) is 10.1. The number of aliphatic hydroxyl groups is 1. The highest BCUT2D eigenvalue weighted by atomic mass is 32.1. The van der Waals surface area contributed by atoms with Crippen molar-refractivity contribution in [3.8, 4) is 11.1 Å². The molecule has 1 aliphatic heterocycles. The SMILES string of the molecule is O=C(O)c1ccc(CCCN2C(=O)CC[C@@H]2CCC(O)Cc2cccc(-c3ccccc3)c2)s1. The molecule has 1 amide bonds. The molecule has 1 fully saturated rings. The molecule has 1 saturated heterocycles. The minimum atomic E-state index is -0.892. The Hall–Kier alpha value is -2.96. The Bertz CT molecular complexity index is 1110. The Balaban J connectivity index is 1.25. The molecule has 34 heavy (non-hydrogen) atoms. The molecule has 0 spiro atoms. The van der Waals surface area contributed by atoms with Crippen LogP contribution < -0.4 is 0 Å². The molecule has 4 rings (SSSR count). The van der Waals surface area contributed by atoms with E-state index in [0.717, 1.165) is 41.7 Å². The first-order valence-electron chi connectivity index (χ1n) is 11.9. The van der Waals surface area contributed by atoms with Gasteiger partial charge >= 0.3 is 5.97 Å². The third kappa shape index (κ3) is 6.33. The normalized spacial score (nSPS) is 16.7. The van der Waals surface area contributed by atoms with Gasteiger partial charge in [-0.15, -0.1) is 11.3 Å². The lowest BCUT2D eigenvalue weighted by atomic mass is 9.97. The zero-order valence-corrected chi connectivity index (χ0v) is 20.0. The molecular weight excluding hydrogens is 446 g/mol. The lowest BCUT2D eigenvalue weighted by Gasteiger charge is -2.25. The lowest BCUT2D eigenvalue weighted by Crippen LogP contribution is -2.34. The smallest absolute Gasteiger partial charge is 0.345 e. The maximum absolute atomic E-state index is 12.4. The number of thiophene rings is 1. The van der Waals surface area contributed by atoms with Crippen LogP contribution in [0.4, 0.5) is 0 Å². The number of hydrogen-bond acceptors (Lipinski definition) is 4. The molecule has 0 aliphatic carbocycles. The highest BCUT2D eigenvalue weighted by Crippen LogP contribution is 2.26. The maximum atomic E-state index is 12.4. The molecule has 5 nitrogen and oxygen atoms in total. The number of carbonyl (C=O) groups excluding carboxylic acids is 1. The van der Waals surface area contributed by atoms with E-state index in [-0.39, 0.29) is 11.9 Å². The van der Waals surface area contributed by atoms with Crippen molar-refractivity contribution in [3.05, 3.63) is 82.0 Å². The number of carboxylic acids is 1.